The second kappa shape index (κ2) is 12.1. The molecule has 0 radical (unpaired) electrons. The molecule has 0 aliphatic carbocycles. The van der Waals surface area contributed by atoms with Crippen molar-refractivity contribution in [3.8, 4) is 11.4 Å². The van der Waals surface area contributed by atoms with Gasteiger partial charge in [0.1, 0.15) is 6.10 Å². The molecule has 1 aromatic carbocycles. The molecule has 12 heteroatoms. The van der Waals surface area contributed by atoms with Crippen LogP contribution in [-0.4, -0.2) is 42.2 Å². The van der Waals surface area contributed by atoms with Crippen molar-refractivity contribution in [2.75, 3.05) is 5.32 Å². The summed E-state index contributed by atoms with van der Waals surface area (Å²) in [5, 5.41) is 26.8. The maximum Gasteiger partial charge on any atom is 0.411 e. The Morgan fingerprint density at radius 3 is 2.38 bits per heavy atom. The second-order valence-corrected chi connectivity index (χ2v) is 12.4. The highest BCUT2D eigenvalue weighted by molar-refractivity contribution is 5.85. The molecule has 1 amide bonds. The number of carbonyl (C=O) groups is 1. The summed E-state index contributed by atoms with van der Waals surface area (Å²) in [5.41, 5.74) is 3.65. The summed E-state index contributed by atoms with van der Waals surface area (Å²) in [7, 11) is 0. The van der Waals surface area contributed by atoms with Gasteiger partial charge >= 0.3 is 6.09 Å². The van der Waals surface area contributed by atoms with Gasteiger partial charge < -0.3 is 4.74 Å². The number of anilines is 1. The van der Waals surface area contributed by atoms with E-state index in [1.54, 1.807) is 16.8 Å². The predicted octanol–water partition coefficient (Wildman–Crippen LogP) is 8.53. The molecule has 0 aliphatic heterocycles. The number of rotatable bonds is 9. The standard InChI is InChI=1S/C30H40N10O2/c1-10-12-13-20(11-2)42-28(41)32-19-16-14-18(15-17-19)25-33-27-22(24(30(6,7)8)38-40(27)39-25)34-36-26-21(31-9)23(35-37-26)29(3,4)5/h14-17,20,38H,10-13H2,1-8H3,(H,32,41)(H,35,37). The molecule has 4 rings (SSSR count). The minimum atomic E-state index is -0.461. The van der Waals surface area contributed by atoms with E-state index < -0.39 is 6.09 Å². The molecule has 42 heavy (non-hydrogen) atoms. The Morgan fingerprint density at radius 2 is 1.79 bits per heavy atom. The highest BCUT2D eigenvalue weighted by Crippen LogP contribution is 2.39. The number of nitrogens with one attached hydrogen (secondary N) is 3. The number of amides is 1. The van der Waals surface area contributed by atoms with Crippen molar-refractivity contribution in [2.45, 2.75) is 98.0 Å². The number of nitrogens with zero attached hydrogens (tertiary/aromatic N) is 7. The van der Waals surface area contributed by atoms with E-state index in [1.807, 2.05) is 39.8 Å². The zero-order chi connectivity index (χ0) is 30.7. The summed E-state index contributed by atoms with van der Waals surface area (Å²) in [6.07, 6.45) is 3.18. The fourth-order valence-corrected chi connectivity index (χ4v) is 4.46. The van der Waals surface area contributed by atoms with Crippen LogP contribution in [0.25, 0.3) is 21.9 Å². The molecule has 0 saturated heterocycles. The lowest BCUT2D eigenvalue weighted by atomic mass is 9.91. The third-order valence-corrected chi connectivity index (χ3v) is 6.85. The van der Waals surface area contributed by atoms with Gasteiger partial charge in [-0.15, -0.1) is 15.3 Å². The Hall–Kier alpha value is -4.53. The molecule has 222 valence electrons. The van der Waals surface area contributed by atoms with E-state index in [0.717, 1.165) is 36.9 Å². The molecule has 0 spiro atoms. The number of aromatic amines is 2. The van der Waals surface area contributed by atoms with Crippen molar-refractivity contribution in [1.29, 1.82) is 0 Å². The molecule has 0 bridgehead atoms. The van der Waals surface area contributed by atoms with Crippen LogP contribution >= 0.6 is 0 Å². The summed E-state index contributed by atoms with van der Waals surface area (Å²) in [6, 6.07) is 7.25. The number of hydrogen-bond acceptors (Lipinski definition) is 7. The van der Waals surface area contributed by atoms with Crippen LogP contribution in [0.1, 0.15) is 92.5 Å². The maximum absolute atomic E-state index is 12.4. The normalized spacial score (nSPS) is 13.0. The van der Waals surface area contributed by atoms with Crippen LogP contribution in [0.4, 0.5) is 27.7 Å². The van der Waals surface area contributed by atoms with Crippen LogP contribution < -0.4 is 5.32 Å². The zero-order valence-corrected chi connectivity index (χ0v) is 25.7. The van der Waals surface area contributed by atoms with Gasteiger partial charge in [-0.1, -0.05) is 68.2 Å². The van der Waals surface area contributed by atoms with Crippen molar-refractivity contribution in [3.63, 3.8) is 0 Å². The molecule has 1 atom stereocenters. The van der Waals surface area contributed by atoms with Gasteiger partial charge in [0.15, 0.2) is 11.5 Å². The number of aromatic nitrogens is 6. The third-order valence-electron chi connectivity index (χ3n) is 6.85. The lowest BCUT2D eigenvalue weighted by Gasteiger charge is -2.16. The number of carbonyl (C=O) groups excluding carboxylic acids is 1. The molecule has 3 N–H and O–H groups in total. The molecule has 1 unspecified atom stereocenters. The fourth-order valence-electron chi connectivity index (χ4n) is 4.46. The summed E-state index contributed by atoms with van der Waals surface area (Å²) >= 11 is 0. The first kappa shape index (κ1) is 30.4. The molecular weight excluding hydrogens is 532 g/mol. The van der Waals surface area contributed by atoms with Crippen molar-refractivity contribution < 1.29 is 9.53 Å². The van der Waals surface area contributed by atoms with Crippen LogP contribution in [0.15, 0.2) is 34.5 Å². The van der Waals surface area contributed by atoms with Gasteiger partial charge in [0.05, 0.1) is 12.3 Å². The summed E-state index contributed by atoms with van der Waals surface area (Å²) in [4.78, 5) is 20.8. The van der Waals surface area contributed by atoms with Crippen LogP contribution in [0.5, 0.6) is 0 Å². The van der Waals surface area contributed by atoms with Crippen LogP contribution in [0.3, 0.4) is 0 Å². The fraction of sp³-hybridized carbons (Fsp3) is 0.500. The molecule has 0 saturated carbocycles. The zero-order valence-electron chi connectivity index (χ0n) is 25.7. The molecular formula is C30H40N10O2. The number of fused-ring (bicyclic) bond motifs is 1. The van der Waals surface area contributed by atoms with E-state index in [9.17, 15) is 4.79 Å². The lowest BCUT2D eigenvalue weighted by Crippen LogP contribution is -2.22. The molecule has 3 aromatic heterocycles. The number of unbranched alkanes of at least 4 members (excludes halogenated alkanes) is 1. The molecule has 4 aromatic rings. The second-order valence-electron chi connectivity index (χ2n) is 12.4. The van der Waals surface area contributed by atoms with Gasteiger partial charge in [-0.2, -0.15) is 9.73 Å². The van der Waals surface area contributed by atoms with E-state index in [2.05, 4.69) is 68.5 Å². The van der Waals surface area contributed by atoms with E-state index in [0.29, 0.717) is 34.2 Å². The quantitative estimate of drug-likeness (QED) is 0.136. The highest BCUT2D eigenvalue weighted by Gasteiger charge is 2.27. The molecule has 3 heterocycles. The Balaban J connectivity index is 1.60. The van der Waals surface area contributed by atoms with Crippen molar-refractivity contribution in [3.05, 3.63) is 47.1 Å². The van der Waals surface area contributed by atoms with E-state index in [-0.39, 0.29) is 22.8 Å². The van der Waals surface area contributed by atoms with Crippen molar-refractivity contribution in [2.24, 2.45) is 10.2 Å². The average Bonchev–Trinajstić information content (AvgIpc) is 3.62. The third kappa shape index (κ3) is 6.67. The number of azo groups is 1. The molecule has 0 fully saturated rings. The Labute approximate surface area is 246 Å². The SMILES string of the molecule is [C-]#[N+]c1c(N=Nc2c(C(C)(C)C)[nH]n3nc(-c4ccc(NC(=O)OC(CC)CCCC)cc4)nc23)n[nH]c1C(C)(C)C. The summed E-state index contributed by atoms with van der Waals surface area (Å²) < 4.78 is 7.14. The summed E-state index contributed by atoms with van der Waals surface area (Å²) in [5.74, 6) is 0.709. The number of H-pyrrole nitrogens is 2. The minimum Gasteiger partial charge on any atom is -0.446 e. The number of ether oxygens (including phenoxy) is 1. The first-order valence-corrected chi connectivity index (χ1v) is 14.3. The monoisotopic (exact) mass is 572 g/mol. The van der Waals surface area contributed by atoms with Gasteiger partial charge in [-0.3, -0.25) is 15.5 Å². The van der Waals surface area contributed by atoms with Crippen molar-refractivity contribution in [1.82, 2.24) is 30.0 Å². The average molecular weight is 573 g/mol. The van der Waals surface area contributed by atoms with Crippen LogP contribution in [0.2, 0.25) is 0 Å². The summed E-state index contributed by atoms with van der Waals surface area (Å²) in [6.45, 7) is 24.0. The first-order chi connectivity index (χ1) is 19.8. The first-order valence-electron chi connectivity index (χ1n) is 14.3. The van der Waals surface area contributed by atoms with Gasteiger partial charge in [0.25, 0.3) is 5.69 Å². The highest BCUT2D eigenvalue weighted by atomic mass is 16.6. The Kier molecular flexibility index (Phi) is 8.80. The molecule has 0 aliphatic rings. The van der Waals surface area contributed by atoms with Crippen LogP contribution in [0, 0.1) is 6.57 Å². The van der Waals surface area contributed by atoms with E-state index in [1.165, 1.54) is 0 Å². The van der Waals surface area contributed by atoms with Gasteiger partial charge in [0.2, 0.25) is 11.5 Å². The van der Waals surface area contributed by atoms with Crippen molar-refractivity contribution >= 4 is 34.6 Å². The van der Waals surface area contributed by atoms with Gasteiger partial charge in [-0.25, -0.2) is 14.6 Å². The van der Waals surface area contributed by atoms with Gasteiger partial charge in [-0.05, 0) is 42.5 Å². The van der Waals surface area contributed by atoms with Crippen LogP contribution in [-0.2, 0) is 15.6 Å². The Bertz CT molecular complexity index is 1600. The maximum atomic E-state index is 12.4. The predicted molar refractivity (Wildman–Crippen MR) is 163 cm³/mol. The number of benzene rings is 1. The lowest BCUT2D eigenvalue weighted by molar-refractivity contribution is 0.101. The molecule has 12 nitrogen and oxygen atoms in total. The largest absolute Gasteiger partial charge is 0.446 e. The van der Waals surface area contributed by atoms with E-state index >= 15 is 0 Å². The smallest absolute Gasteiger partial charge is 0.411 e. The Morgan fingerprint density at radius 1 is 1.10 bits per heavy atom. The topological polar surface area (TPSA) is 142 Å². The van der Waals surface area contributed by atoms with Gasteiger partial charge in [0, 0.05) is 22.4 Å². The minimum absolute atomic E-state index is 0.0900. The number of hydrogen-bond donors (Lipinski definition) is 3. The van der Waals surface area contributed by atoms with E-state index in [4.69, 9.17) is 16.3 Å².